The van der Waals surface area contributed by atoms with E-state index in [9.17, 15) is 14.4 Å². The number of nitrogens with one attached hydrogen (secondary N) is 2. The molecule has 1 fully saturated rings. The number of carbonyl (C=O) groups excluding carboxylic acids is 2. The predicted molar refractivity (Wildman–Crippen MR) is 127 cm³/mol. The predicted octanol–water partition coefficient (Wildman–Crippen LogP) is 3.69. The first-order valence-electron chi connectivity index (χ1n) is 11.6. The van der Waals surface area contributed by atoms with E-state index in [4.69, 9.17) is 9.47 Å². The third-order valence-electron chi connectivity index (χ3n) is 6.19. The van der Waals surface area contributed by atoms with Crippen molar-refractivity contribution in [3.8, 4) is 0 Å². The van der Waals surface area contributed by atoms with Crippen LogP contribution in [0.3, 0.4) is 0 Å². The van der Waals surface area contributed by atoms with Crippen LogP contribution in [-0.4, -0.2) is 52.5 Å². The SMILES string of the molecule is CC[C@@H](NC(=O)OCc1ccccc1)N1CCC(COC(=O)n2c(=O)[nH]c3ccccc32)CC1. The van der Waals surface area contributed by atoms with Gasteiger partial charge in [0.05, 0.1) is 23.8 Å². The van der Waals surface area contributed by atoms with Crippen molar-refractivity contribution in [3.63, 3.8) is 0 Å². The Labute approximate surface area is 197 Å². The van der Waals surface area contributed by atoms with E-state index in [1.807, 2.05) is 37.3 Å². The number of rotatable bonds is 7. The summed E-state index contributed by atoms with van der Waals surface area (Å²) in [7, 11) is 0. The van der Waals surface area contributed by atoms with Gasteiger partial charge in [0.1, 0.15) is 6.61 Å². The maximum Gasteiger partial charge on any atom is 0.422 e. The molecule has 34 heavy (non-hydrogen) atoms. The molecule has 0 unspecified atom stereocenters. The molecule has 3 aromatic rings. The van der Waals surface area contributed by atoms with Crippen molar-refractivity contribution >= 4 is 23.2 Å². The summed E-state index contributed by atoms with van der Waals surface area (Å²) in [6, 6.07) is 16.6. The molecule has 0 aliphatic carbocycles. The van der Waals surface area contributed by atoms with Crippen LogP contribution in [-0.2, 0) is 16.1 Å². The minimum absolute atomic E-state index is 0.114. The number of benzene rings is 2. The number of carbonyl (C=O) groups is 2. The zero-order valence-electron chi connectivity index (χ0n) is 19.2. The van der Waals surface area contributed by atoms with Crippen molar-refractivity contribution in [2.45, 2.75) is 39.0 Å². The third-order valence-corrected chi connectivity index (χ3v) is 6.19. The van der Waals surface area contributed by atoms with Gasteiger partial charge in [-0.15, -0.1) is 0 Å². The molecule has 2 aromatic carbocycles. The number of likely N-dealkylation sites (tertiary alicyclic amines) is 1. The van der Waals surface area contributed by atoms with Crippen LogP contribution in [0.5, 0.6) is 0 Å². The number of fused-ring (bicyclic) bond motifs is 1. The van der Waals surface area contributed by atoms with Gasteiger partial charge >= 0.3 is 17.9 Å². The quantitative estimate of drug-likeness (QED) is 0.550. The molecule has 0 spiro atoms. The van der Waals surface area contributed by atoms with Gasteiger partial charge in [-0.2, -0.15) is 4.57 Å². The average Bonchev–Trinajstić information content (AvgIpc) is 3.21. The van der Waals surface area contributed by atoms with Crippen molar-refractivity contribution in [1.29, 1.82) is 0 Å². The van der Waals surface area contributed by atoms with Crippen molar-refractivity contribution in [3.05, 3.63) is 70.6 Å². The molecule has 2 N–H and O–H groups in total. The minimum atomic E-state index is -0.667. The lowest BCUT2D eigenvalue weighted by Crippen LogP contribution is -2.51. The lowest BCUT2D eigenvalue weighted by molar-refractivity contribution is 0.0644. The van der Waals surface area contributed by atoms with E-state index >= 15 is 0 Å². The molecule has 1 atom stereocenters. The molecule has 4 rings (SSSR count). The molecule has 0 radical (unpaired) electrons. The molecule has 1 aliphatic rings. The number of aromatic nitrogens is 2. The van der Waals surface area contributed by atoms with Gasteiger partial charge in [-0.1, -0.05) is 49.4 Å². The number of para-hydroxylation sites is 2. The largest absolute Gasteiger partial charge is 0.449 e. The summed E-state index contributed by atoms with van der Waals surface area (Å²) < 4.78 is 11.8. The second-order valence-electron chi connectivity index (χ2n) is 8.47. The van der Waals surface area contributed by atoms with Crippen molar-refractivity contribution in [2.24, 2.45) is 5.92 Å². The Balaban J connectivity index is 1.23. The number of aromatic amines is 1. The van der Waals surface area contributed by atoms with Gasteiger partial charge < -0.3 is 19.8 Å². The van der Waals surface area contributed by atoms with Gasteiger partial charge in [0.2, 0.25) is 0 Å². The highest BCUT2D eigenvalue weighted by atomic mass is 16.6. The van der Waals surface area contributed by atoms with Gasteiger partial charge in [-0.05, 0) is 42.9 Å². The molecule has 1 aromatic heterocycles. The molecule has 180 valence electrons. The third kappa shape index (κ3) is 5.66. The van der Waals surface area contributed by atoms with Crippen LogP contribution in [0.2, 0.25) is 0 Å². The number of hydrogen-bond donors (Lipinski definition) is 2. The van der Waals surface area contributed by atoms with Crippen LogP contribution in [0.1, 0.15) is 31.7 Å². The molecule has 1 aliphatic heterocycles. The second kappa shape index (κ2) is 11.0. The Morgan fingerprint density at radius 3 is 2.50 bits per heavy atom. The van der Waals surface area contributed by atoms with E-state index < -0.39 is 17.9 Å². The summed E-state index contributed by atoms with van der Waals surface area (Å²) in [5, 5.41) is 2.95. The number of imidazole rings is 1. The molecular weight excluding hydrogens is 436 g/mol. The standard InChI is InChI=1S/C25H30N4O5/c1-2-22(27-24(31)33-16-18-8-4-3-5-9-18)28-14-12-19(13-15-28)17-34-25(32)29-21-11-7-6-10-20(21)26-23(29)30/h3-11,19,22H,2,12-17H2,1H3,(H,26,30)(H,27,31)/t22-/m0/s1. The number of amides is 1. The number of ether oxygens (including phenoxy) is 2. The summed E-state index contributed by atoms with van der Waals surface area (Å²) >= 11 is 0. The summed E-state index contributed by atoms with van der Waals surface area (Å²) in [4.78, 5) is 41.8. The summed E-state index contributed by atoms with van der Waals surface area (Å²) in [6.07, 6.45) is 1.19. The molecule has 1 saturated heterocycles. The van der Waals surface area contributed by atoms with E-state index in [0.29, 0.717) is 11.0 Å². The fourth-order valence-electron chi connectivity index (χ4n) is 4.27. The molecule has 0 bridgehead atoms. The molecular formula is C25H30N4O5. The number of alkyl carbamates (subject to hydrolysis) is 1. The summed E-state index contributed by atoms with van der Waals surface area (Å²) in [6.45, 7) is 4.05. The minimum Gasteiger partial charge on any atom is -0.449 e. The van der Waals surface area contributed by atoms with Gasteiger partial charge in [-0.3, -0.25) is 4.90 Å². The second-order valence-corrected chi connectivity index (χ2v) is 8.47. The number of piperidine rings is 1. The van der Waals surface area contributed by atoms with Crippen LogP contribution in [0, 0.1) is 5.92 Å². The van der Waals surface area contributed by atoms with E-state index in [1.54, 1.807) is 24.3 Å². The first kappa shape index (κ1) is 23.6. The van der Waals surface area contributed by atoms with Crippen molar-refractivity contribution in [2.75, 3.05) is 19.7 Å². The Bertz CT molecular complexity index is 1160. The Morgan fingerprint density at radius 1 is 1.06 bits per heavy atom. The van der Waals surface area contributed by atoms with Crippen molar-refractivity contribution in [1.82, 2.24) is 19.8 Å². The first-order chi connectivity index (χ1) is 16.5. The Morgan fingerprint density at radius 2 is 1.76 bits per heavy atom. The number of nitrogens with zero attached hydrogens (tertiary/aromatic N) is 2. The maximum atomic E-state index is 12.5. The zero-order chi connectivity index (χ0) is 23.9. The van der Waals surface area contributed by atoms with E-state index in [1.165, 1.54) is 0 Å². The Hall–Kier alpha value is -3.59. The lowest BCUT2D eigenvalue weighted by Gasteiger charge is -2.37. The molecule has 9 nitrogen and oxygen atoms in total. The fraction of sp³-hybridized carbons (Fsp3) is 0.400. The normalized spacial score (nSPS) is 15.7. The lowest BCUT2D eigenvalue weighted by atomic mass is 9.97. The van der Waals surface area contributed by atoms with Crippen LogP contribution in [0.4, 0.5) is 9.59 Å². The van der Waals surface area contributed by atoms with Gasteiger partial charge in [0.25, 0.3) is 0 Å². The summed E-state index contributed by atoms with van der Waals surface area (Å²) in [5.41, 5.74) is 1.54. The monoisotopic (exact) mass is 466 g/mol. The topological polar surface area (TPSA) is 106 Å². The van der Waals surface area contributed by atoms with Crippen LogP contribution in [0.15, 0.2) is 59.4 Å². The van der Waals surface area contributed by atoms with Crippen molar-refractivity contribution < 1.29 is 19.1 Å². The van der Waals surface area contributed by atoms with Gasteiger partial charge in [0.15, 0.2) is 0 Å². The molecule has 0 saturated carbocycles. The molecule has 2 heterocycles. The maximum absolute atomic E-state index is 12.5. The highest BCUT2D eigenvalue weighted by molar-refractivity contribution is 5.86. The zero-order valence-corrected chi connectivity index (χ0v) is 19.2. The van der Waals surface area contributed by atoms with E-state index in [0.717, 1.165) is 42.5 Å². The number of hydrogen-bond acceptors (Lipinski definition) is 6. The highest BCUT2D eigenvalue weighted by Gasteiger charge is 2.27. The fourth-order valence-corrected chi connectivity index (χ4v) is 4.27. The smallest absolute Gasteiger partial charge is 0.422 e. The Kier molecular flexibility index (Phi) is 7.64. The average molecular weight is 467 g/mol. The van der Waals surface area contributed by atoms with Gasteiger partial charge in [-0.25, -0.2) is 14.4 Å². The van der Waals surface area contributed by atoms with E-state index in [2.05, 4.69) is 15.2 Å². The highest BCUT2D eigenvalue weighted by Crippen LogP contribution is 2.20. The van der Waals surface area contributed by atoms with Crippen LogP contribution in [0.25, 0.3) is 11.0 Å². The molecule has 9 heteroatoms. The molecule has 1 amide bonds. The van der Waals surface area contributed by atoms with Gasteiger partial charge in [0, 0.05) is 13.1 Å². The first-order valence-corrected chi connectivity index (χ1v) is 11.6. The van der Waals surface area contributed by atoms with E-state index in [-0.39, 0.29) is 25.3 Å². The van der Waals surface area contributed by atoms with Crippen LogP contribution >= 0.6 is 0 Å². The summed E-state index contributed by atoms with van der Waals surface area (Å²) in [5.74, 6) is 0.198. The number of H-pyrrole nitrogens is 1. The van der Waals surface area contributed by atoms with Crippen LogP contribution < -0.4 is 11.0 Å².